The first kappa shape index (κ1) is 23.4. The third kappa shape index (κ3) is 15.7. The number of alkyl carbamates (subject to hydrolysis) is 2. The van der Waals surface area contributed by atoms with Gasteiger partial charge in [-0.3, -0.25) is 4.90 Å². The lowest BCUT2D eigenvalue weighted by Gasteiger charge is -2.20. The summed E-state index contributed by atoms with van der Waals surface area (Å²) in [6, 6.07) is 0. The van der Waals surface area contributed by atoms with E-state index in [9.17, 15) is 9.59 Å². The molecule has 0 unspecified atom stereocenters. The molecule has 0 atom stereocenters. The zero-order valence-electron chi connectivity index (χ0n) is 15.5. The van der Waals surface area contributed by atoms with E-state index < -0.39 is 17.8 Å². The van der Waals surface area contributed by atoms with Crippen molar-refractivity contribution in [1.29, 1.82) is 0 Å². The number of aliphatic hydroxyl groups is 2. The number of carbonyl (C=O) groups is 2. The number of unbranched alkanes of at least 4 members (excludes halogenated alkanes) is 1. The number of hydrogen-bond acceptors (Lipinski definition) is 7. The van der Waals surface area contributed by atoms with Gasteiger partial charge in [0.2, 0.25) is 0 Å². The number of carbonyl (C=O) groups excluding carboxylic acids is 2. The Morgan fingerprint density at radius 3 is 1.92 bits per heavy atom. The number of rotatable bonds is 12. The average molecular weight is 363 g/mol. The van der Waals surface area contributed by atoms with E-state index in [4.69, 9.17) is 19.7 Å². The zero-order chi connectivity index (χ0) is 19.1. The van der Waals surface area contributed by atoms with Crippen LogP contribution in [0.2, 0.25) is 0 Å². The Labute approximate surface area is 149 Å². The normalized spacial score (nSPS) is 11.3. The fourth-order valence-electron chi connectivity index (χ4n) is 1.88. The van der Waals surface area contributed by atoms with Crippen LogP contribution < -0.4 is 10.6 Å². The van der Waals surface area contributed by atoms with Gasteiger partial charge in [0.05, 0.1) is 13.2 Å². The molecule has 4 N–H and O–H groups in total. The van der Waals surface area contributed by atoms with Crippen LogP contribution in [0, 0.1) is 0 Å². The largest absolute Gasteiger partial charge is 0.448 e. The van der Waals surface area contributed by atoms with Crippen molar-refractivity contribution < 1.29 is 29.3 Å². The predicted octanol–water partition coefficient (Wildman–Crippen LogP) is 0.304. The molecule has 0 aromatic rings. The highest BCUT2D eigenvalue weighted by atomic mass is 16.6. The highest BCUT2D eigenvalue weighted by Gasteiger charge is 2.15. The van der Waals surface area contributed by atoms with Gasteiger partial charge in [0.25, 0.3) is 0 Å². The Hall–Kier alpha value is -1.58. The standard InChI is InChI=1S/C16H33N3O6/c1-16(2,3)25-15(23)18-7-5-4-6-17-14(22)24-13-10-19(8-11-20)9-12-21/h20-21H,4-13H2,1-3H3,(H,17,22)(H,18,23). The summed E-state index contributed by atoms with van der Waals surface area (Å²) in [5, 5.41) is 23.0. The van der Waals surface area contributed by atoms with Crippen LogP contribution in [-0.2, 0) is 9.47 Å². The van der Waals surface area contributed by atoms with Gasteiger partial charge in [-0.2, -0.15) is 0 Å². The Morgan fingerprint density at radius 1 is 0.920 bits per heavy atom. The molecule has 9 heteroatoms. The number of ether oxygens (including phenoxy) is 2. The SMILES string of the molecule is CC(C)(C)OC(=O)NCCCCNC(=O)OCCN(CCO)CCO. The summed E-state index contributed by atoms with van der Waals surface area (Å²) in [4.78, 5) is 24.7. The van der Waals surface area contributed by atoms with E-state index in [1.807, 2.05) is 0 Å². The molecule has 0 rings (SSSR count). The number of nitrogens with one attached hydrogen (secondary N) is 2. The predicted molar refractivity (Wildman–Crippen MR) is 93.4 cm³/mol. The topological polar surface area (TPSA) is 120 Å². The van der Waals surface area contributed by atoms with Crippen LogP contribution in [0.5, 0.6) is 0 Å². The van der Waals surface area contributed by atoms with Gasteiger partial charge in [-0.1, -0.05) is 0 Å². The van der Waals surface area contributed by atoms with E-state index in [2.05, 4.69) is 10.6 Å². The lowest BCUT2D eigenvalue weighted by Crippen LogP contribution is -2.35. The van der Waals surface area contributed by atoms with Gasteiger partial charge in [-0.05, 0) is 33.6 Å². The molecule has 0 radical (unpaired) electrons. The van der Waals surface area contributed by atoms with Crippen LogP contribution in [0.1, 0.15) is 33.6 Å². The Balaban J connectivity index is 3.59. The minimum Gasteiger partial charge on any atom is -0.448 e. The van der Waals surface area contributed by atoms with E-state index in [1.165, 1.54) is 0 Å². The lowest BCUT2D eigenvalue weighted by molar-refractivity contribution is 0.0526. The Bertz CT molecular complexity index is 367. The van der Waals surface area contributed by atoms with Crippen LogP contribution in [0.15, 0.2) is 0 Å². The van der Waals surface area contributed by atoms with Gasteiger partial charge in [-0.25, -0.2) is 9.59 Å². The molecule has 0 saturated heterocycles. The Kier molecular flexibility index (Phi) is 12.8. The molecule has 0 aliphatic heterocycles. The second-order valence-corrected chi connectivity index (χ2v) is 6.49. The first-order valence-corrected chi connectivity index (χ1v) is 8.60. The maximum absolute atomic E-state index is 11.5. The van der Waals surface area contributed by atoms with E-state index in [-0.39, 0.29) is 19.8 Å². The molecule has 0 aliphatic carbocycles. The fourth-order valence-corrected chi connectivity index (χ4v) is 1.88. The van der Waals surface area contributed by atoms with Crippen LogP contribution in [0.3, 0.4) is 0 Å². The van der Waals surface area contributed by atoms with Crippen molar-refractivity contribution in [2.75, 3.05) is 52.5 Å². The molecule has 0 bridgehead atoms. The smallest absolute Gasteiger partial charge is 0.407 e. The van der Waals surface area contributed by atoms with E-state index in [0.29, 0.717) is 45.6 Å². The minimum atomic E-state index is -0.515. The maximum atomic E-state index is 11.5. The lowest BCUT2D eigenvalue weighted by atomic mass is 10.2. The maximum Gasteiger partial charge on any atom is 0.407 e. The average Bonchev–Trinajstić information content (AvgIpc) is 2.49. The molecule has 0 spiro atoms. The second kappa shape index (κ2) is 13.7. The third-order valence-electron chi connectivity index (χ3n) is 3.01. The molecular weight excluding hydrogens is 330 g/mol. The summed E-state index contributed by atoms with van der Waals surface area (Å²) < 4.78 is 10.1. The van der Waals surface area contributed by atoms with Crippen molar-refractivity contribution in [3.05, 3.63) is 0 Å². The van der Waals surface area contributed by atoms with Crippen molar-refractivity contribution >= 4 is 12.2 Å². The van der Waals surface area contributed by atoms with Gasteiger partial charge < -0.3 is 30.3 Å². The first-order valence-electron chi connectivity index (χ1n) is 8.60. The quantitative estimate of drug-likeness (QED) is 0.368. The van der Waals surface area contributed by atoms with Crippen molar-refractivity contribution in [3.63, 3.8) is 0 Å². The highest BCUT2D eigenvalue weighted by molar-refractivity contribution is 5.67. The van der Waals surface area contributed by atoms with Gasteiger partial charge >= 0.3 is 12.2 Å². The first-order chi connectivity index (χ1) is 11.8. The van der Waals surface area contributed by atoms with Crippen LogP contribution >= 0.6 is 0 Å². The molecule has 25 heavy (non-hydrogen) atoms. The van der Waals surface area contributed by atoms with Gasteiger partial charge in [0, 0.05) is 32.7 Å². The van der Waals surface area contributed by atoms with Gasteiger partial charge in [0.1, 0.15) is 12.2 Å². The number of aliphatic hydroxyl groups excluding tert-OH is 2. The van der Waals surface area contributed by atoms with Crippen LogP contribution in [-0.4, -0.2) is 85.4 Å². The molecule has 0 aromatic carbocycles. The van der Waals surface area contributed by atoms with E-state index >= 15 is 0 Å². The highest BCUT2D eigenvalue weighted by Crippen LogP contribution is 2.06. The molecule has 0 aliphatic rings. The van der Waals surface area contributed by atoms with E-state index in [1.54, 1.807) is 25.7 Å². The molecular formula is C16H33N3O6. The molecule has 0 aromatic heterocycles. The van der Waals surface area contributed by atoms with E-state index in [0.717, 1.165) is 0 Å². The summed E-state index contributed by atoms with van der Waals surface area (Å²) in [6.45, 7) is 7.80. The molecule has 2 amide bonds. The summed E-state index contributed by atoms with van der Waals surface area (Å²) >= 11 is 0. The number of nitrogens with zero attached hydrogens (tertiary/aromatic N) is 1. The monoisotopic (exact) mass is 363 g/mol. The molecule has 9 nitrogen and oxygen atoms in total. The summed E-state index contributed by atoms with van der Waals surface area (Å²) in [7, 11) is 0. The second-order valence-electron chi connectivity index (χ2n) is 6.49. The summed E-state index contributed by atoms with van der Waals surface area (Å²) in [6.07, 6.45) is 0.454. The summed E-state index contributed by atoms with van der Waals surface area (Å²) in [5.74, 6) is 0. The van der Waals surface area contributed by atoms with Crippen LogP contribution in [0.25, 0.3) is 0 Å². The van der Waals surface area contributed by atoms with Gasteiger partial charge in [0.15, 0.2) is 0 Å². The van der Waals surface area contributed by atoms with Crippen LogP contribution in [0.4, 0.5) is 9.59 Å². The van der Waals surface area contributed by atoms with Crippen molar-refractivity contribution in [2.45, 2.75) is 39.2 Å². The molecule has 0 fully saturated rings. The Morgan fingerprint density at radius 2 is 1.44 bits per heavy atom. The van der Waals surface area contributed by atoms with Crippen molar-refractivity contribution in [1.82, 2.24) is 15.5 Å². The summed E-state index contributed by atoms with van der Waals surface area (Å²) in [5.41, 5.74) is -0.515. The number of hydrogen-bond donors (Lipinski definition) is 4. The fraction of sp³-hybridized carbons (Fsp3) is 0.875. The molecule has 148 valence electrons. The minimum absolute atomic E-state index is 0.0104. The molecule has 0 heterocycles. The van der Waals surface area contributed by atoms with Gasteiger partial charge in [-0.15, -0.1) is 0 Å². The molecule has 0 saturated carbocycles. The zero-order valence-corrected chi connectivity index (χ0v) is 15.5. The number of amides is 2. The van der Waals surface area contributed by atoms with Crippen molar-refractivity contribution in [3.8, 4) is 0 Å². The third-order valence-corrected chi connectivity index (χ3v) is 3.01. The van der Waals surface area contributed by atoms with Crippen molar-refractivity contribution in [2.24, 2.45) is 0 Å².